The van der Waals surface area contributed by atoms with E-state index in [4.69, 9.17) is 10.5 Å². The van der Waals surface area contributed by atoms with Gasteiger partial charge < -0.3 is 15.8 Å². The highest BCUT2D eigenvalue weighted by Crippen LogP contribution is 2.07. The van der Waals surface area contributed by atoms with Gasteiger partial charge in [0.25, 0.3) is 0 Å². The van der Waals surface area contributed by atoms with Crippen molar-refractivity contribution in [3.05, 3.63) is 0 Å². The third kappa shape index (κ3) is 5.19. The molecule has 0 fully saturated rings. The first kappa shape index (κ1) is 13.4. The Morgan fingerprint density at radius 1 is 1.36 bits per heavy atom. The number of carbonyl (C=O) groups is 1. The monoisotopic (exact) mass is 202 g/mol. The van der Waals surface area contributed by atoms with Crippen LogP contribution in [-0.4, -0.2) is 30.2 Å². The Hall–Kier alpha value is -0.610. The van der Waals surface area contributed by atoms with Crippen LogP contribution < -0.4 is 11.1 Å². The van der Waals surface area contributed by atoms with Crippen molar-refractivity contribution in [3.63, 3.8) is 0 Å². The second-order valence-electron chi connectivity index (χ2n) is 4.60. The summed E-state index contributed by atoms with van der Waals surface area (Å²) in [6.45, 7) is 10.2. The van der Waals surface area contributed by atoms with Gasteiger partial charge in [-0.3, -0.25) is 4.79 Å². The molecule has 0 bridgehead atoms. The molecule has 0 unspecified atom stereocenters. The van der Waals surface area contributed by atoms with Gasteiger partial charge in [0, 0.05) is 13.2 Å². The largest absolute Gasteiger partial charge is 0.374 e. The summed E-state index contributed by atoms with van der Waals surface area (Å²) in [4.78, 5) is 11.4. The van der Waals surface area contributed by atoms with Gasteiger partial charge in [-0.2, -0.15) is 0 Å². The second-order valence-corrected chi connectivity index (χ2v) is 4.60. The average molecular weight is 202 g/mol. The Labute approximate surface area is 86.2 Å². The summed E-state index contributed by atoms with van der Waals surface area (Å²) in [7, 11) is 0. The number of hydrogen-bond donors (Lipinski definition) is 2. The first-order valence-electron chi connectivity index (χ1n) is 4.90. The van der Waals surface area contributed by atoms with Gasteiger partial charge >= 0.3 is 0 Å². The van der Waals surface area contributed by atoms with Gasteiger partial charge in [0.1, 0.15) is 0 Å². The van der Waals surface area contributed by atoms with E-state index in [0.717, 1.165) is 0 Å². The molecule has 0 aliphatic carbocycles. The molecule has 0 atom stereocenters. The normalized spacial score (nSPS) is 12.7. The van der Waals surface area contributed by atoms with Crippen LogP contribution in [0.4, 0.5) is 0 Å². The Morgan fingerprint density at radius 2 is 1.86 bits per heavy atom. The fraction of sp³-hybridized carbons (Fsp3) is 0.900. The summed E-state index contributed by atoms with van der Waals surface area (Å²) < 4.78 is 5.44. The highest BCUT2D eigenvalue weighted by atomic mass is 16.5. The Kier molecular flexibility index (Phi) is 4.55. The lowest BCUT2D eigenvalue weighted by Gasteiger charge is -2.27. The first-order valence-corrected chi connectivity index (χ1v) is 4.90. The van der Waals surface area contributed by atoms with E-state index < -0.39 is 5.54 Å². The highest BCUT2D eigenvalue weighted by molar-refractivity contribution is 5.85. The molecule has 0 radical (unpaired) electrons. The van der Waals surface area contributed by atoms with E-state index in [1.54, 1.807) is 13.8 Å². The van der Waals surface area contributed by atoms with Crippen molar-refractivity contribution in [1.29, 1.82) is 0 Å². The van der Waals surface area contributed by atoms with Crippen LogP contribution in [0.1, 0.15) is 34.6 Å². The molecule has 0 saturated carbocycles. The zero-order chi connectivity index (χ0) is 11.4. The molecular weight excluding hydrogens is 180 g/mol. The molecular formula is C10H22N2O2. The van der Waals surface area contributed by atoms with E-state index in [1.165, 1.54) is 0 Å². The van der Waals surface area contributed by atoms with Crippen molar-refractivity contribution in [2.24, 2.45) is 5.73 Å². The Bertz CT molecular complexity index is 195. The molecule has 4 nitrogen and oxygen atoms in total. The van der Waals surface area contributed by atoms with Crippen LogP contribution in [0.15, 0.2) is 0 Å². The van der Waals surface area contributed by atoms with E-state index in [0.29, 0.717) is 13.2 Å². The molecule has 84 valence electrons. The van der Waals surface area contributed by atoms with Gasteiger partial charge in [-0.05, 0) is 34.6 Å². The van der Waals surface area contributed by atoms with Gasteiger partial charge in [0.15, 0.2) is 0 Å². The van der Waals surface area contributed by atoms with Crippen LogP contribution in [0.25, 0.3) is 0 Å². The molecule has 0 heterocycles. The lowest BCUT2D eigenvalue weighted by Crippen LogP contribution is -2.52. The first-order chi connectivity index (χ1) is 6.19. The molecule has 0 aromatic heterocycles. The summed E-state index contributed by atoms with van der Waals surface area (Å²) in [6.07, 6.45) is 0. The zero-order valence-electron chi connectivity index (χ0n) is 9.81. The molecule has 3 N–H and O–H groups in total. The van der Waals surface area contributed by atoms with Crippen LogP contribution in [0.3, 0.4) is 0 Å². The van der Waals surface area contributed by atoms with Crippen molar-refractivity contribution < 1.29 is 9.53 Å². The Morgan fingerprint density at radius 3 is 2.21 bits per heavy atom. The lowest BCUT2D eigenvalue weighted by atomic mass is 10.1. The number of carbonyl (C=O) groups excluding carboxylic acids is 1. The van der Waals surface area contributed by atoms with Crippen LogP contribution in [-0.2, 0) is 9.53 Å². The van der Waals surface area contributed by atoms with Crippen molar-refractivity contribution >= 4 is 5.91 Å². The molecule has 4 heteroatoms. The minimum atomic E-state index is -0.831. The second kappa shape index (κ2) is 4.75. The number of rotatable bonds is 5. The van der Waals surface area contributed by atoms with Crippen molar-refractivity contribution in [3.8, 4) is 0 Å². The fourth-order valence-electron chi connectivity index (χ4n) is 0.963. The Balaban J connectivity index is 4.00. The molecule has 0 rings (SSSR count). The predicted molar refractivity (Wildman–Crippen MR) is 57.0 cm³/mol. The lowest BCUT2D eigenvalue weighted by molar-refractivity contribution is -0.126. The van der Waals surface area contributed by atoms with Gasteiger partial charge in [0.05, 0.1) is 11.1 Å². The standard InChI is InChI=1S/C10H22N2O2/c1-6-14-9(2,3)7-12-8(13)10(4,5)11/h6-7,11H2,1-5H3,(H,12,13). The smallest absolute Gasteiger partial charge is 0.239 e. The van der Waals surface area contributed by atoms with E-state index in [2.05, 4.69) is 5.32 Å². The summed E-state index contributed by atoms with van der Waals surface area (Å²) >= 11 is 0. The van der Waals surface area contributed by atoms with Crippen molar-refractivity contribution in [1.82, 2.24) is 5.32 Å². The number of amides is 1. The third-order valence-electron chi connectivity index (χ3n) is 1.79. The number of nitrogens with two attached hydrogens (primary N) is 1. The molecule has 0 aliphatic heterocycles. The molecule has 0 aromatic rings. The number of nitrogens with one attached hydrogen (secondary N) is 1. The van der Waals surface area contributed by atoms with Gasteiger partial charge in [0.2, 0.25) is 5.91 Å². The fourth-order valence-corrected chi connectivity index (χ4v) is 0.963. The minimum Gasteiger partial charge on any atom is -0.374 e. The van der Waals surface area contributed by atoms with Crippen LogP contribution in [0.2, 0.25) is 0 Å². The summed E-state index contributed by atoms with van der Waals surface area (Å²) in [5.74, 6) is -0.162. The average Bonchev–Trinajstić information content (AvgIpc) is 1.98. The van der Waals surface area contributed by atoms with Crippen LogP contribution >= 0.6 is 0 Å². The summed E-state index contributed by atoms with van der Waals surface area (Å²) in [6, 6.07) is 0. The molecule has 0 spiro atoms. The predicted octanol–water partition coefficient (Wildman–Crippen LogP) is 0.655. The van der Waals surface area contributed by atoms with Gasteiger partial charge in [-0.25, -0.2) is 0 Å². The van der Waals surface area contributed by atoms with E-state index in [-0.39, 0.29) is 11.5 Å². The van der Waals surface area contributed by atoms with E-state index in [1.807, 2.05) is 20.8 Å². The maximum Gasteiger partial charge on any atom is 0.239 e. The number of hydrogen-bond acceptors (Lipinski definition) is 3. The van der Waals surface area contributed by atoms with E-state index >= 15 is 0 Å². The SMILES string of the molecule is CCOC(C)(C)CNC(=O)C(C)(C)N. The molecule has 0 aliphatic rings. The maximum absolute atomic E-state index is 11.4. The molecule has 1 amide bonds. The van der Waals surface area contributed by atoms with Crippen LogP contribution in [0, 0.1) is 0 Å². The minimum absolute atomic E-state index is 0.162. The topological polar surface area (TPSA) is 64.3 Å². The molecule has 0 saturated heterocycles. The van der Waals surface area contributed by atoms with Crippen molar-refractivity contribution in [2.75, 3.05) is 13.2 Å². The molecule has 0 aromatic carbocycles. The van der Waals surface area contributed by atoms with Crippen LogP contribution in [0.5, 0.6) is 0 Å². The highest BCUT2D eigenvalue weighted by Gasteiger charge is 2.25. The zero-order valence-corrected chi connectivity index (χ0v) is 9.81. The summed E-state index contributed by atoms with van der Waals surface area (Å²) in [5, 5.41) is 2.76. The quantitative estimate of drug-likeness (QED) is 0.688. The number of ether oxygens (including phenoxy) is 1. The molecule has 14 heavy (non-hydrogen) atoms. The van der Waals surface area contributed by atoms with Gasteiger partial charge in [-0.15, -0.1) is 0 Å². The third-order valence-corrected chi connectivity index (χ3v) is 1.79. The maximum atomic E-state index is 11.4. The van der Waals surface area contributed by atoms with Gasteiger partial charge in [-0.1, -0.05) is 0 Å². The van der Waals surface area contributed by atoms with Crippen molar-refractivity contribution in [2.45, 2.75) is 45.8 Å². The summed E-state index contributed by atoms with van der Waals surface area (Å²) in [5.41, 5.74) is 4.46. The van der Waals surface area contributed by atoms with E-state index in [9.17, 15) is 4.79 Å².